The molecule has 0 spiro atoms. The van der Waals surface area contributed by atoms with Crippen molar-refractivity contribution in [3.63, 3.8) is 0 Å². The monoisotopic (exact) mass is 297 g/mol. The van der Waals surface area contributed by atoms with Crippen LogP contribution < -0.4 is 4.31 Å². The lowest BCUT2D eigenvalue weighted by Crippen LogP contribution is -2.37. The maximum Gasteiger partial charge on any atom is 0.324 e. The molecule has 0 saturated carbocycles. The van der Waals surface area contributed by atoms with Crippen molar-refractivity contribution in [3.8, 4) is 0 Å². The van der Waals surface area contributed by atoms with Gasteiger partial charge < -0.3 is 5.11 Å². The van der Waals surface area contributed by atoms with Crippen molar-refractivity contribution >= 4 is 21.7 Å². The smallest absolute Gasteiger partial charge is 0.324 e. The lowest BCUT2D eigenvalue weighted by Gasteiger charge is -2.22. The fraction of sp³-hybridized carbons (Fsp3) is 0.300. The van der Waals surface area contributed by atoms with Crippen LogP contribution in [0.15, 0.2) is 12.1 Å². The van der Waals surface area contributed by atoms with E-state index in [2.05, 4.69) is 0 Å². The van der Waals surface area contributed by atoms with E-state index >= 15 is 0 Å². The van der Waals surface area contributed by atoms with Crippen LogP contribution in [0.1, 0.15) is 6.92 Å². The number of carbonyl (C=O) groups is 1. The summed E-state index contributed by atoms with van der Waals surface area (Å²) in [5, 5.41) is 8.62. The van der Waals surface area contributed by atoms with Crippen LogP contribution >= 0.6 is 0 Å². The van der Waals surface area contributed by atoms with E-state index in [0.29, 0.717) is 6.07 Å². The minimum Gasteiger partial charge on any atom is -0.480 e. The van der Waals surface area contributed by atoms with Crippen LogP contribution in [0.5, 0.6) is 0 Å². The maximum absolute atomic E-state index is 13.5. The van der Waals surface area contributed by atoms with Crippen LogP contribution in [-0.2, 0) is 14.8 Å². The van der Waals surface area contributed by atoms with Gasteiger partial charge in [0, 0.05) is 12.1 Å². The number of rotatable bonds is 5. The van der Waals surface area contributed by atoms with Gasteiger partial charge >= 0.3 is 5.97 Å². The first-order chi connectivity index (χ1) is 8.69. The molecule has 0 aliphatic heterocycles. The molecule has 1 aromatic carbocycles. The minimum atomic E-state index is -4.14. The van der Waals surface area contributed by atoms with Crippen LogP contribution in [0, 0.1) is 17.5 Å². The quantitative estimate of drug-likeness (QED) is 0.832. The number of hydrogen-bond donors (Lipinski definition) is 1. The molecule has 1 N–H and O–H groups in total. The molecule has 106 valence electrons. The lowest BCUT2D eigenvalue weighted by molar-refractivity contribution is -0.135. The third-order valence-electron chi connectivity index (χ3n) is 2.24. The van der Waals surface area contributed by atoms with Gasteiger partial charge in [0.05, 0.1) is 11.4 Å². The van der Waals surface area contributed by atoms with Crippen molar-refractivity contribution in [3.05, 3.63) is 29.6 Å². The molecule has 0 aliphatic carbocycles. The van der Waals surface area contributed by atoms with E-state index in [-0.39, 0.29) is 10.4 Å². The van der Waals surface area contributed by atoms with Crippen LogP contribution in [0.2, 0.25) is 0 Å². The minimum absolute atomic E-state index is 0.157. The van der Waals surface area contributed by atoms with Gasteiger partial charge in [-0.05, 0) is 6.92 Å². The van der Waals surface area contributed by atoms with E-state index in [4.69, 9.17) is 5.11 Å². The summed E-state index contributed by atoms with van der Waals surface area (Å²) in [4.78, 5) is 10.6. The van der Waals surface area contributed by atoms with Gasteiger partial charge in [-0.1, -0.05) is 0 Å². The summed E-state index contributed by atoms with van der Waals surface area (Å²) in [7, 11) is -4.14. The molecule has 0 fully saturated rings. The molecule has 0 amide bonds. The van der Waals surface area contributed by atoms with Gasteiger partial charge in [-0.3, -0.25) is 9.10 Å². The third kappa shape index (κ3) is 3.37. The molecule has 0 heterocycles. The highest BCUT2D eigenvalue weighted by molar-refractivity contribution is 7.92. The Morgan fingerprint density at radius 2 is 1.74 bits per heavy atom. The Morgan fingerprint density at radius 1 is 1.21 bits per heavy atom. The molecule has 0 aromatic heterocycles. The van der Waals surface area contributed by atoms with Crippen LogP contribution in [-0.4, -0.2) is 31.8 Å². The first-order valence-corrected chi connectivity index (χ1v) is 6.66. The summed E-state index contributed by atoms with van der Waals surface area (Å²) in [6.45, 7) is 0.125. The summed E-state index contributed by atoms with van der Waals surface area (Å²) in [6, 6.07) is 0.464. The molecule has 0 saturated heterocycles. The van der Waals surface area contributed by atoms with E-state index in [0.717, 1.165) is 0 Å². The van der Waals surface area contributed by atoms with Gasteiger partial charge in [0.1, 0.15) is 6.54 Å². The summed E-state index contributed by atoms with van der Waals surface area (Å²) in [5.74, 6) is -6.40. The highest BCUT2D eigenvalue weighted by atomic mass is 32.2. The Balaban J connectivity index is 3.41. The van der Waals surface area contributed by atoms with E-state index in [9.17, 15) is 26.4 Å². The Kier molecular flexibility index (Phi) is 4.40. The largest absolute Gasteiger partial charge is 0.480 e. The van der Waals surface area contributed by atoms with Crippen molar-refractivity contribution in [2.24, 2.45) is 0 Å². The zero-order chi connectivity index (χ0) is 14.8. The van der Waals surface area contributed by atoms with E-state index in [1.54, 1.807) is 0 Å². The van der Waals surface area contributed by atoms with Crippen molar-refractivity contribution in [2.45, 2.75) is 6.92 Å². The van der Waals surface area contributed by atoms with Gasteiger partial charge in [0.25, 0.3) is 0 Å². The Labute approximate surface area is 107 Å². The first kappa shape index (κ1) is 15.3. The van der Waals surface area contributed by atoms with Gasteiger partial charge in [-0.25, -0.2) is 21.6 Å². The SMILES string of the molecule is CCS(=O)(=O)N(CC(=O)O)c1cc(F)c(F)cc1F. The van der Waals surface area contributed by atoms with Gasteiger partial charge in [-0.2, -0.15) is 0 Å². The lowest BCUT2D eigenvalue weighted by atomic mass is 10.3. The zero-order valence-corrected chi connectivity index (χ0v) is 10.5. The van der Waals surface area contributed by atoms with Crippen molar-refractivity contribution in [2.75, 3.05) is 16.6 Å². The highest BCUT2D eigenvalue weighted by Crippen LogP contribution is 2.25. The average Bonchev–Trinajstić information content (AvgIpc) is 2.31. The Morgan fingerprint density at radius 3 is 2.21 bits per heavy atom. The zero-order valence-electron chi connectivity index (χ0n) is 9.73. The maximum atomic E-state index is 13.5. The molecule has 5 nitrogen and oxygen atoms in total. The number of nitrogens with zero attached hydrogens (tertiary/aromatic N) is 1. The molecule has 9 heteroatoms. The summed E-state index contributed by atoms with van der Waals surface area (Å²) < 4.78 is 62.8. The standard InChI is InChI=1S/C10H10F3NO4S/c1-2-19(17,18)14(5-10(15)16)9-4-7(12)6(11)3-8(9)13/h3-4H,2,5H2,1H3,(H,15,16). The number of halogens is 3. The normalized spacial score (nSPS) is 11.4. The molecular weight excluding hydrogens is 287 g/mol. The van der Waals surface area contributed by atoms with Crippen molar-refractivity contribution in [1.82, 2.24) is 0 Å². The molecule has 0 radical (unpaired) electrons. The molecule has 0 bridgehead atoms. The van der Waals surface area contributed by atoms with Crippen LogP contribution in [0.3, 0.4) is 0 Å². The number of sulfonamides is 1. The summed E-state index contributed by atoms with van der Waals surface area (Å²) >= 11 is 0. The predicted octanol–water partition coefficient (Wildman–Crippen LogP) is 1.34. The van der Waals surface area contributed by atoms with Gasteiger partial charge in [-0.15, -0.1) is 0 Å². The number of anilines is 1. The first-order valence-electron chi connectivity index (χ1n) is 5.05. The second-order valence-corrected chi connectivity index (χ2v) is 5.70. The van der Waals surface area contributed by atoms with E-state index in [1.807, 2.05) is 0 Å². The average molecular weight is 297 g/mol. The topological polar surface area (TPSA) is 74.7 Å². The number of benzene rings is 1. The third-order valence-corrected chi connectivity index (χ3v) is 3.96. The van der Waals surface area contributed by atoms with E-state index in [1.165, 1.54) is 6.92 Å². The van der Waals surface area contributed by atoms with Crippen molar-refractivity contribution < 1.29 is 31.5 Å². The Hall–Kier alpha value is -1.77. The molecule has 0 unspecified atom stereocenters. The predicted molar refractivity (Wildman–Crippen MR) is 60.8 cm³/mol. The summed E-state index contributed by atoms with van der Waals surface area (Å²) in [5.41, 5.74) is -0.844. The number of carboxylic acids is 1. The highest BCUT2D eigenvalue weighted by Gasteiger charge is 2.27. The second kappa shape index (κ2) is 5.47. The molecular formula is C10H10F3NO4S. The number of carboxylic acid groups (broad SMARTS) is 1. The van der Waals surface area contributed by atoms with Gasteiger partial charge in [0.15, 0.2) is 17.5 Å². The Bertz CT molecular complexity index is 603. The number of hydrogen-bond acceptors (Lipinski definition) is 3. The molecule has 0 atom stereocenters. The second-order valence-electron chi connectivity index (χ2n) is 3.52. The van der Waals surface area contributed by atoms with E-state index < -0.39 is 51.4 Å². The van der Waals surface area contributed by atoms with Crippen molar-refractivity contribution in [1.29, 1.82) is 0 Å². The fourth-order valence-corrected chi connectivity index (χ4v) is 2.37. The number of aliphatic carboxylic acids is 1. The molecule has 1 aromatic rings. The molecule has 0 aliphatic rings. The fourth-order valence-electron chi connectivity index (χ4n) is 1.32. The van der Waals surface area contributed by atoms with Crippen LogP contribution in [0.25, 0.3) is 0 Å². The molecule has 19 heavy (non-hydrogen) atoms. The molecule has 1 rings (SSSR count). The van der Waals surface area contributed by atoms with Gasteiger partial charge in [0.2, 0.25) is 10.0 Å². The summed E-state index contributed by atoms with van der Waals surface area (Å²) in [6.07, 6.45) is 0. The van der Waals surface area contributed by atoms with Crippen LogP contribution in [0.4, 0.5) is 18.9 Å².